The zero-order valence-electron chi connectivity index (χ0n) is 16.4. The summed E-state index contributed by atoms with van der Waals surface area (Å²) in [7, 11) is 1.30. The minimum atomic E-state index is -0.753. The molecular weight excluding hydrogens is 406 g/mol. The van der Waals surface area contributed by atoms with Crippen LogP contribution in [-0.2, 0) is 20.9 Å². The van der Waals surface area contributed by atoms with Crippen LogP contribution in [0.4, 0.5) is 5.69 Å². The second kappa shape index (κ2) is 9.36. The van der Waals surface area contributed by atoms with Crippen molar-refractivity contribution in [3.05, 3.63) is 66.6 Å². The van der Waals surface area contributed by atoms with Crippen LogP contribution in [-0.4, -0.2) is 52.4 Å². The second-order valence-corrected chi connectivity index (χ2v) is 6.93. The summed E-state index contributed by atoms with van der Waals surface area (Å²) in [6.45, 7) is 4.20. The number of anilines is 1. The van der Waals surface area contributed by atoms with Gasteiger partial charge in [-0.3, -0.25) is 14.5 Å². The van der Waals surface area contributed by atoms with Crippen LogP contribution < -0.4 is 5.32 Å². The lowest BCUT2D eigenvalue weighted by atomic mass is 10.1. The highest BCUT2D eigenvalue weighted by atomic mass is 32.1. The molecule has 1 N–H and O–H groups in total. The van der Waals surface area contributed by atoms with E-state index >= 15 is 0 Å². The standard InChI is InChI=1S/C21H21N3O5S/c1-3-10-23-19(26)17(24(21(23)30)13-16-5-4-11-29-16)12-18(25)22-15-8-6-14(7-9-15)20(27)28-2/h3-9,11,17H,1,10,12-13H2,2H3,(H,22,25)/t17-/m0/s1. The molecule has 1 aromatic heterocycles. The van der Waals surface area contributed by atoms with Crippen molar-refractivity contribution in [1.82, 2.24) is 9.80 Å². The molecule has 9 heteroatoms. The first-order chi connectivity index (χ1) is 14.4. The maximum Gasteiger partial charge on any atom is 0.337 e. The SMILES string of the molecule is C=CCN1C(=O)[C@H](CC(=O)Nc2ccc(C(=O)OC)cc2)N(Cc2ccco2)C1=S. The average Bonchev–Trinajstić information content (AvgIpc) is 3.33. The van der Waals surface area contributed by atoms with E-state index in [-0.39, 0.29) is 31.3 Å². The zero-order valence-corrected chi connectivity index (χ0v) is 17.2. The van der Waals surface area contributed by atoms with Gasteiger partial charge in [-0.15, -0.1) is 6.58 Å². The second-order valence-electron chi connectivity index (χ2n) is 6.56. The van der Waals surface area contributed by atoms with Crippen molar-refractivity contribution in [1.29, 1.82) is 0 Å². The van der Waals surface area contributed by atoms with Crippen LogP contribution in [0.1, 0.15) is 22.5 Å². The lowest BCUT2D eigenvalue weighted by Crippen LogP contribution is -2.37. The van der Waals surface area contributed by atoms with Gasteiger partial charge in [0.25, 0.3) is 5.91 Å². The number of ether oxygens (including phenoxy) is 1. The van der Waals surface area contributed by atoms with E-state index in [1.165, 1.54) is 18.3 Å². The Labute approximate surface area is 179 Å². The van der Waals surface area contributed by atoms with Gasteiger partial charge in [-0.2, -0.15) is 0 Å². The van der Waals surface area contributed by atoms with Gasteiger partial charge in [0.15, 0.2) is 5.11 Å². The van der Waals surface area contributed by atoms with E-state index in [1.807, 2.05) is 0 Å². The number of thiocarbonyl (C=S) groups is 1. The molecule has 156 valence electrons. The predicted octanol–water partition coefficient (Wildman–Crippen LogP) is 2.58. The van der Waals surface area contributed by atoms with Crippen LogP contribution in [0, 0.1) is 0 Å². The van der Waals surface area contributed by atoms with Crippen LogP contribution in [0.25, 0.3) is 0 Å². The third kappa shape index (κ3) is 4.57. The van der Waals surface area contributed by atoms with E-state index in [1.54, 1.807) is 47.4 Å². The van der Waals surface area contributed by atoms with Gasteiger partial charge in [-0.05, 0) is 48.6 Å². The lowest BCUT2D eigenvalue weighted by molar-refractivity contribution is -0.130. The minimum absolute atomic E-state index is 0.0912. The van der Waals surface area contributed by atoms with Gasteiger partial charge >= 0.3 is 5.97 Å². The van der Waals surface area contributed by atoms with Crippen molar-refractivity contribution in [3.63, 3.8) is 0 Å². The van der Waals surface area contributed by atoms with Gasteiger partial charge in [0.2, 0.25) is 5.91 Å². The summed E-state index contributed by atoms with van der Waals surface area (Å²) in [4.78, 5) is 40.1. The van der Waals surface area contributed by atoms with Gasteiger partial charge in [0.05, 0.1) is 31.9 Å². The van der Waals surface area contributed by atoms with Crippen molar-refractivity contribution < 1.29 is 23.5 Å². The molecule has 1 saturated heterocycles. The number of esters is 1. The molecule has 1 aliphatic rings. The number of amides is 2. The molecule has 1 atom stereocenters. The molecule has 1 fully saturated rings. The summed E-state index contributed by atoms with van der Waals surface area (Å²) >= 11 is 5.45. The fraction of sp³-hybridized carbons (Fsp3) is 0.238. The lowest BCUT2D eigenvalue weighted by Gasteiger charge is -2.22. The first-order valence-corrected chi connectivity index (χ1v) is 9.59. The molecule has 1 aliphatic heterocycles. The molecule has 2 aromatic rings. The highest BCUT2D eigenvalue weighted by Crippen LogP contribution is 2.24. The molecule has 0 unspecified atom stereocenters. The Bertz CT molecular complexity index is 956. The Morgan fingerprint density at radius 3 is 2.63 bits per heavy atom. The summed E-state index contributed by atoms with van der Waals surface area (Å²) in [6.07, 6.45) is 3.03. The number of hydrogen-bond acceptors (Lipinski definition) is 6. The van der Waals surface area contributed by atoms with Crippen LogP contribution in [0.2, 0.25) is 0 Å². The average molecular weight is 427 g/mol. The number of furan rings is 1. The maximum absolute atomic E-state index is 12.9. The van der Waals surface area contributed by atoms with Crippen molar-refractivity contribution >= 4 is 40.8 Å². The fourth-order valence-electron chi connectivity index (χ4n) is 3.13. The number of carbonyl (C=O) groups is 3. The van der Waals surface area contributed by atoms with Crippen LogP contribution >= 0.6 is 12.2 Å². The summed E-state index contributed by atoms with van der Waals surface area (Å²) in [5.41, 5.74) is 0.873. The minimum Gasteiger partial charge on any atom is -0.467 e. The molecule has 0 saturated carbocycles. The monoisotopic (exact) mass is 427 g/mol. The van der Waals surface area contributed by atoms with Gasteiger partial charge in [0, 0.05) is 12.2 Å². The summed E-state index contributed by atoms with van der Waals surface area (Å²) < 4.78 is 10.0. The summed E-state index contributed by atoms with van der Waals surface area (Å²) in [6, 6.07) is 9.06. The van der Waals surface area contributed by atoms with Crippen molar-refractivity contribution in [2.75, 3.05) is 19.0 Å². The third-order valence-corrected chi connectivity index (χ3v) is 5.05. The number of rotatable bonds is 8. The molecule has 8 nitrogen and oxygen atoms in total. The Morgan fingerprint density at radius 1 is 1.30 bits per heavy atom. The van der Waals surface area contributed by atoms with E-state index in [4.69, 9.17) is 16.6 Å². The van der Waals surface area contributed by atoms with Gasteiger partial charge in [0.1, 0.15) is 11.8 Å². The Morgan fingerprint density at radius 2 is 2.03 bits per heavy atom. The highest BCUT2D eigenvalue weighted by Gasteiger charge is 2.43. The summed E-state index contributed by atoms with van der Waals surface area (Å²) in [5, 5.41) is 3.07. The predicted molar refractivity (Wildman–Crippen MR) is 114 cm³/mol. The largest absolute Gasteiger partial charge is 0.467 e. The highest BCUT2D eigenvalue weighted by molar-refractivity contribution is 7.80. The van der Waals surface area contributed by atoms with Crippen molar-refractivity contribution in [2.24, 2.45) is 0 Å². The van der Waals surface area contributed by atoms with Crippen molar-refractivity contribution in [3.8, 4) is 0 Å². The summed E-state index contributed by atoms with van der Waals surface area (Å²) in [5.74, 6) is -0.447. The molecule has 0 bridgehead atoms. The topological polar surface area (TPSA) is 92.1 Å². The van der Waals surface area contributed by atoms with Crippen molar-refractivity contribution in [2.45, 2.75) is 19.0 Å². The first-order valence-electron chi connectivity index (χ1n) is 9.18. The molecule has 0 aliphatic carbocycles. The smallest absolute Gasteiger partial charge is 0.337 e. The number of hydrogen-bond donors (Lipinski definition) is 1. The number of carbonyl (C=O) groups excluding carboxylic acids is 3. The van der Waals surface area contributed by atoms with Crippen LogP contribution in [0.3, 0.4) is 0 Å². The van der Waals surface area contributed by atoms with E-state index in [0.717, 1.165) is 0 Å². The molecule has 3 rings (SSSR count). The number of nitrogens with one attached hydrogen (secondary N) is 1. The van der Waals surface area contributed by atoms with E-state index < -0.39 is 12.0 Å². The van der Waals surface area contributed by atoms with E-state index in [9.17, 15) is 14.4 Å². The first kappa shape index (κ1) is 21.3. The maximum atomic E-state index is 12.9. The molecular formula is C21H21N3O5S. The number of nitrogens with zero attached hydrogens (tertiary/aromatic N) is 2. The van der Waals surface area contributed by atoms with Gasteiger partial charge < -0.3 is 19.4 Å². The zero-order chi connectivity index (χ0) is 21.7. The Balaban J connectivity index is 1.71. The molecule has 30 heavy (non-hydrogen) atoms. The van der Waals surface area contributed by atoms with Gasteiger partial charge in [-0.1, -0.05) is 6.08 Å². The molecule has 1 aromatic carbocycles. The van der Waals surface area contributed by atoms with E-state index in [0.29, 0.717) is 22.1 Å². The molecule has 2 amide bonds. The molecule has 0 radical (unpaired) electrons. The Hall–Kier alpha value is -3.46. The quantitative estimate of drug-likeness (QED) is 0.393. The Kier molecular flexibility index (Phi) is 6.63. The van der Waals surface area contributed by atoms with E-state index in [2.05, 4.69) is 16.6 Å². The third-order valence-electron chi connectivity index (χ3n) is 4.59. The fourth-order valence-corrected chi connectivity index (χ4v) is 3.49. The molecule has 2 heterocycles. The van der Waals surface area contributed by atoms with Crippen LogP contribution in [0.5, 0.6) is 0 Å². The number of benzene rings is 1. The normalized spacial score (nSPS) is 16.0. The van der Waals surface area contributed by atoms with Gasteiger partial charge in [-0.25, -0.2) is 4.79 Å². The number of methoxy groups -OCH3 is 1. The van der Waals surface area contributed by atoms with Crippen LogP contribution in [0.15, 0.2) is 59.7 Å². The molecule has 0 spiro atoms.